The van der Waals surface area contributed by atoms with E-state index < -0.39 is 0 Å². The Kier molecular flexibility index (Phi) is 3.41. The average molecular weight is 267 g/mol. The molecule has 3 aromatic rings. The van der Waals surface area contributed by atoms with E-state index in [1.165, 1.54) is 0 Å². The molecule has 5 heteroatoms. The predicted octanol–water partition coefficient (Wildman–Crippen LogP) is 3.27. The van der Waals surface area contributed by atoms with Crippen molar-refractivity contribution in [3.8, 4) is 17.1 Å². The molecule has 0 fully saturated rings. The van der Waals surface area contributed by atoms with Gasteiger partial charge in [-0.2, -0.15) is 4.98 Å². The zero-order chi connectivity index (χ0) is 13.8. The Labute approximate surface area is 116 Å². The fourth-order valence-corrected chi connectivity index (χ4v) is 1.77. The van der Waals surface area contributed by atoms with E-state index in [4.69, 9.17) is 9.26 Å². The van der Waals surface area contributed by atoms with Crippen LogP contribution in [0.25, 0.3) is 11.4 Å². The van der Waals surface area contributed by atoms with Crippen molar-refractivity contribution >= 4 is 0 Å². The number of hydrogen-bond donors (Lipinski definition) is 0. The summed E-state index contributed by atoms with van der Waals surface area (Å²) in [6.45, 7) is 1.87. The van der Waals surface area contributed by atoms with E-state index in [0.717, 1.165) is 11.3 Å². The quantitative estimate of drug-likeness (QED) is 0.726. The lowest BCUT2D eigenvalue weighted by Crippen LogP contribution is -2.03. The highest BCUT2D eigenvalue weighted by Crippen LogP contribution is 2.22. The molecule has 2 heterocycles. The Morgan fingerprint density at radius 3 is 2.55 bits per heavy atom. The van der Waals surface area contributed by atoms with Gasteiger partial charge in [0.25, 0.3) is 5.89 Å². The minimum Gasteiger partial charge on any atom is -0.481 e. The van der Waals surface area contributed by atoms with Gasteiger partial charge in [0.15, 0.2) is 6.10 Å². The number of rotatable bonds is 4. The standard InChI is InChI=1S/C15H13N3O2/c1-11(19-13-5-3-2-4-6-13)15-17-14(18-20-15)12-7-9-16-10-8-12/h2-11H,1H3. The van der Waals surface area contributed by atoms with Crippen LogP contribution in [-0.2, 0) is 0 Å². The van der Waals surface area contributed by atoms with Crippen molar-refractivity contribution in [2.45, 2.75) is 13.0 Å². The first-order valence-corrected chi connectivity index (χ1v) is 6.28. The first-order chi connectivity index (χ1) is 9.83. The van der Waals surface area contributed by atoms with Gasteiger partial charge in [0, 0.05) is 18.0 Å². The lowest BCUT2D eigenvalue weighted by atomic mass is 10.2. The molecule has 1 aromatic carbocycles. The van der Waals surface area contributed by atoms with Crippen molar-refractivity contribution in [2.24, 2.45) is 0 Å². The Hall–Kier alpha value is -2.69. The maximum atomic E-state index is 5.74. The summed E-state index contributed by atoms with van der Waals surface area (Å²) in [5, 5.41) is 3.96. The van der Waals surface area contributed by atoms with Crippen molar-refractivity contribution in [1.82, 2.24) is 15.1 Å². The molecule has 3 rings (SSSR count). The predicted molar refractivity (Wildman–Crippen MR) is 73.0 cm³/mol. The number of para-hydroxylation sites is 1. The van der Waals surface area contributed by atoms with Crippen molar-refractivity contribution in [3.63, 3.8) is 0 Å². The van der Waals surface area contributed by atoms with Gasteiger partial charge in [-0.15, -0.1) is 0 Å². The average Bonchev–Trinajstić information content (AvgIpc) is 2.99. The van der Waals surface area contributed by atoms with Crippen molar-refractivity contribution < 1.29 is 9.26 Å². The van der Waals surface area contributed by atoms with Gasteiger partial charge in [-0.3, -0.25) is 4.98 Å². The second-order valence-electron chi connectivity index (χ2n) is 4.27. The molecule has 0 saturated carbocycles. The van der Waals surface area contributed by atoms with Gasteiger partial charge in [0.2, 0.25) is 5.82 Å². The molecule has 1 atom stereocenters. The third-order valence-electron chi connectivity index (χ3n) is 2.78. The van der Waals surface area contributed by atoms with Gasteiger partial charge >= 0.3 is 0 Å². The second-order valence-corrected chi connectivity index (χ2v) is 4.27. The van der Waals surface area contributed by atoms with E-state index in [1.807, 2.05) is 49.4 Å². The summed E-state index contributed by atoms with van der Waals surface area (Å²) in [6.07, 6.45) is 3.07. The largest absolute Gasteiger partial charge is 0.481 e. The number of benzene rings is 1. The highest BCUT2D eigenvalue weighted by molar-refractivity contribution is 5.52. The minimum atomic E-state index is -0.305. The van der Waals surface area contributed by atoms with Crippen LogP contribution in [0.1, 0.15) is 18.9 Å². The van der Waals surface area contributed by atoms with E-state index in [2.05, 4.69) is 15.1 Å². The topological polar surface area (TPSA) is 61.0 Å². The molecule has 1 unspecified atom stereocenters. The lowest BCUT2D eigenvalue weighted by molar-refractivity contribution is 0.176. The van der Waals surface area contributed by atoms with E-state index in [0.29, 0.717) is 11.7 Å². The lowest BCUT2D eigenvalue weighted by Gasteiger charge is -2.09. The maximum Gasteiger partial charge on any atom is 0.267 e. The molecule has 0 bridgehead atoms. The van der Waals surface area contributed by atoms with Crippen LogP contribution >= 0.6 is 0 Å². The van der Waals surface area contributed by atoms with E-state index >= 15 is 0 Å². The number of pyridine rings is 1. The molecule has 0 N–H and O–H groups in total. The van der Waals surface area contributed by atoms with Crippen LogP contribution in [0.5, 0.6) is 5.75 Å². The number of ether oxygens (including phenoxy) is 1. The van der Waals surface area contributed by atoms with E-state index in [-0.39, 0.29) is 6.10 Å². The summed E-state index contributed by atoms with van der Waals surface area (Å²) in [5.74, 6) is 1.75. The number of nitrogens with zero attached hydrogens (tertiary/aromatic N) is 3. The van der Waals surface area contributed by atoms with Gasteiger partial charge < -0.3 is 9.26 Å². The van der Waals surface area contributed by atoms with Crippen LogP contribution in [0.2, 0.25) is 0 Å². The first kappa shape index (κ1) is 12.3. The summed E-state index contributed by atoms with van der Waals surface area (Å²) >= 11 is 0. The Balaban J connectivity index is 1.77. The van der Waals surface area contributed by atoms with Gasteiger partial charge in [-0.1, -0.05) is 23.4 Å². The molecule has 0 aliphatic rings. The van der Waals surface area contributed by atoms with Crippen LogP contribution in [0.3, 0.4) is 0 Å². The van der Waals surface area contributed by atoms with Crippen molar-refractivity contribution in [1.29, 1.82) is 0 Å². The molecule has 0 spiro atoms. The molecule has 5 nitrogen and oxygen atoms in total. The molecule has 0 aliphatic carbocycles. The summed E-state index contributed by atoms with van der Waals surface area (Å²) in [5.41, 5.74) is 0.863. The SMILES string of the molecule is CC(Oc1ccccc1)c1nc(-c2ccncc2)no1. The summed E-state index contributed by atoms with van der Waals surface area (Å²) in [4.78, 5) is 8.30. The molecule has 0 aliphatic heterocycles. The summed E-state index contributed by atoms with van der Waals surface area (Å²) in [6, 6.07) is 13.2. The second kappa shape index (κ2) is 5.52. The van der Waals surface area contributed by atoms with Crippen molar-refractivity contribution in [3.05, 3.63) is 60.7 Å². The van der Waals surface area contributed by atoms with Gasteiger partial charge in [-0.05, 0) is 31.2 Å². The molecule has 20 heavy (non-hydrogen) atoms. The van der Waals surface area contributed by atoms with Gasteiger partial charge in [-0.25, -0.2) is 0 Å². The molecular weight excluding hydrogens is 254 g/mol. The van der Waals surface area contributed by atoms with E-state index in [1.54, 1.807) is 12.4 Å². The van der Waals surface area contributed by atoms with Gasteiger partial charge in [0.1, 0.15) is 5.75 Å². The summed E-state index contributed by atoms with van der Waals surface area (Å²) in [7, 11) is 0. The highest BCUT2D eigenvalue weighted by Gasteiger charge is 2.16. The first-order valence-electron chi connectivity index (χ1n) is 6.28. The van der Waals surface area contributed by atoms with Gasteiger partial charge in [0.05, 0.1) is 0 Å². The monoisotopic (exact) mass is 267 g/mol. The van der Waals surface area contributed by atoms with Crippen LogP contribution < -0.4 is 4.74 Å². The molecular formula is C15H13N3O2. The third-order valence-corrected chi connectivity index (χ3v) is 2.78. The Bertz CT molecular complexity index is 668. The number of hydrogen-bond acceptors (Lipinski definition) is 5. The molecule has 0 saturated heterocycles. The zero-order valence-electron chi connectivity index (χ0n) is 10.9. The fraction of sp³-hybridized carbons (Fsp3) is 0.133. The smallest absolute Gasteiger partial charge is 0.267 e. The number of aromatic nitrogens is 3. The molecule has 0 amide bonds. The van der Waals surface area contributed by atoms with Crippen LogP contribution in [0.4, 0.5) is 0 Å². The minimum absolute atomic E-state index is 0.305. The van der Waals surface area contributed by atoms with E-state index in [9.17, 15) is 0 Å². The molecule has 100 valence electrons. The normalized spacial score (nSPS) is 12.1. The molecule has 2 aromatic heterocycles. The Morgan fingerprint density at radius 2 is 1.80 bits per heavy atom. The zero-order valence-corrected chi connectivity index (χ0v) is 10.9. The summed E-state index contributed by atoms with van der Waals surface area (Å²) < 4.78 is 11.0. The fourth-order valence-electron chi connectivity index (χ4n) is 1.77. The third kappa shape index (κ3) is 2.66. The van der Waals surface area contributed by atoms with Crippen LogP contribution in [0, 0.1) is 0 Å². The Morgan fingerprint density at radius 1 is 1.05 bits per heavy atom. The van der Waals surface area contributed by atoms with Crippen LogP contribution in [0.15, 0.2) is 59.4 Å². The highest BCUT2D eigenvalue weighted by atomic mass is 16.5. The molecule has 0 radical (unpaired) electrons. The maximum absolute atomic E-state index is 5.74. The van der Waals surface area contributed by atoms with Crippen LogP contribution in [-0.4, -0.2) is 15.1 Å². The van der Waals surface area contributed by atoms with Crippen molar-refractivity contribution in [2.75, 3.05) is 0 Å².